The molecule has 1 aliphatic heterocycles. The van der Waals surface area contributed by atoms with E-state index in [0.717, 1.165) is 13.0 Å². The molecule has 0 spiro atoms. The first-order valence-electron chi connectivity index (χ1n) is 9.96. The number of ether oxygens (including phenoxy) is 3. The molecule has 1 fully saturated rings. The van der Waals surface area contributed by atoms with E-state index in [1.54, 1.807) is 0 Å². The molecular weight excluding hydrogens is 460 g/mol. The average molecular weight is 486 g/mol. The Hall–Kier alpha value is -3.30. The van der Waals surface area contributed by atoms with E-state index in [4.69, 9.17) is 14.2 Å². The van der Waals surface area contributed by atoms with E-state index in [9.17, 15) is 45.2 Å². The number of carboxylic acid groups (broad SMARTS) is 1. The van der Waals surface area contributed by atoms with Gasteiger partial charge in [-0.15, -0.1) is 0 Å². The molecule has 0 saturated carbocycles. The smallest absolute Gasteiger partial charge is 0.377 e. The molecule has 6 N–H and O–H groups in total. The van der Waals surface area contributed by atoms with Crippen molar-refractivity contribution >= 4 is 18.0 Å². The van der Waals surface area contributed by atoms with Crippen molar-refractivity contribution in [2.24, 2.45) is 0 Å². The summed E-state index contributed by atoms with van der Waals surface area (Å²) in [7, 11) is 1.27. The summed E-state index contributed by atoms with van der Waals surface area (Å²) in [5.74, 6) is -4.94. The summed E-state index contributed by atoms with van der Waals surface area (Å²) in [5, 5.41) is 62.9. The molecule has 1 aromatic carbocycles. The van der Waals surface area contributed by atoms with Crippen LogP contribution in [-0.2, 0) is 14.3 Å². The molecule has 0 aromatic heterocycles. The number of amides is 1. The van der Waals surface area contributed by atoms with Crippen LogP contribution < -0.4 is 14.8 Å². The Balaban J connectivity index is 2.45. The Labute approximate surface area is 193 Å². The van der Waals surface area contributed by atoms with Crippen LogP contribution in [0.1, 0.15) is 18.9 Å². The Morgan fingerprint density at radius 2 is 2.09 bits per heavy atom. The SMILES string of the molecule is COc1cc(O[C@@]2(C(=O)O)C[C@H](O)[C@@H](NC(C)=O)[C@@H](C(O)C(O)CO)O2)ccc1/C=C/[N+](=O)[O-]. The number of rotatable bonds is 10. The highest BCUT2D eigenvalue weighted by molar-refractivity contribution is 5.77. The Morgan fingerprint density at radius 1 is 1.41 bits per heavy atom. The van der Waals surface area contributed by atoms with Crippen LogP contribution in [0.25, 0.3) is 6.08 Å². The van der Waals surface area contributed by atoms with Gasteiger partial charge in [-0.3, -0.25) is 14.9 Å². The van der Waals surface area contributed by atoms with Gasteiger partial charge in [0.1, 0.15) is 29.8 Å². The van der Waals surface area contributed by atoms with Gasteiger partial charge < -0.3 is 45.1 Å². The summed E-state index contributed by atoms with van der Waals surface area (Å²) in [4.78, 5) is 33.7. The summed E-state index contributed by atoms with van der Waals surface area (Å²) in [6.45, 7) is 0.205. The van der Waals surface area contributed by atoms with Crippen LogP contribution >= 0.6 is 0 Å². The Kier molecular flexibility index (Phi) is 8.89. The minimum Gasteiger partial charge on any atom is -0.496 e. The van der Waals surface area contributed by atoms with Crippen LogP contribution in [-0.4, -0.2) is 92.3 Å². The van der Waals surface area contributed by atoms with Crippen molar-refractivity contribution in [2.75, 3.05) is 13.7 Å². The molecule has 1 amide bonds. The topological polar surface area (TPSA) is 218 Å². The molecule has 2 unspecified atom stereocenters. The minimum absolute atomic E-state index is 0.0934. The van der Waals surface area contributed by atoms with Crippen LogP contribution in [0.3, 0.4) is 0 Å². The molecule has 0 bridgehead atoms. The largest absolute Gasteiger partial charge is 0.496 e. The number of benzene rings is 1. The van der Waals surface area contributed by atoms with Gasteiger partial charge >= 0.3 is 11.8 Å². The maximum absolute atomic E-state index is 12.2. The summed E-state index contributed by atoms with van der Waals surface area (Å²) in [6.07, 6.45) is -5.88. The molecule has 1 heterocycles. The first kappa shape index (κ1) is 26.9. The predicted molar refractivity (Wildman–Crippen MR) is 112 cm³/mol. The second-order valence-corrected chi connectivity index (χ2v) is 7.49. The number of nitro groups is 1. The molecule has 14 heteroatoms. The maximum Gasteiger partial charge on any atom is 0.377 e. The number of nitrogens with zero attached hydrogens (tertiary/aromatic N) is 1. The minimum atomic E-state index is -2.58. The van der Waals surface area contributed by atoms with Gasteiger partial charge in [-0.05, 0) is 12.1 Å². The standard InChI is InChI=1S/C20H26N2O12/c1-10(24)21-16-13(25)8-20(19(28)29,34-18(16)17(27)14(26)9-23)33-12-4-3-11(5-6-22(30)31)15(7-12)32-2/h3-7,13-14,16-18,23,25-27H,8-9H2,1-2H3,(H,21,24)(H,28,29)/b6-5+/t13-,14?,16+,17?,18-,20-/m0/s1. The summed E-state index contributed by atoms with van der Waals surface area (Å²) in [6, 6.07) is 2.52. The van der Waals surface area contributed by atoms with E-state index >= 15 is 0 Å². The van der Waals surface area contributed by atoms with Crippen LogP contribution in [0.2, 0.25) is 0 Å². The first-order valence-corrected chi connectivity index (χ1v) is 9.96. The van der Waals surface area contributed by atoms with E-state index in [-0.39, 0.29) is 17.1 Å². The molecule has 6 atom stereocenters. The fraction of sp³-hybridized carbons (Fsp3) is 0.500. The van der Waals surface area contributed by atoms with Crippen molar-refractivity contribution in [3.63, 3.8) is 0 Å². The number of aliphatic hydroxyl groups is 4. The third-order valence-electron chi connectivity index (χ3n) is 5.05. The third-order valence-corrected chi connectivity index (χ3v) is 5.05. The van der Waals surface area contributed by atoms with Crippen LogP contribution in [0, 0.1) is 10.1 Å². The highest BCUT2D eigenvalue weighted by atomic mass is 16.7. The van der Waals surface area contributed by atoms with E-state index < -0.39 is 66.1 Å². The fourth-order valence-corrected chi connectivity index (χ4v) is 3.46. The van der Waals surface area contributed by atoms with Crippen molar-refractivity contribution in [3.8, 4) is 11.5 Å². The zero-order chi connectivity index (χ0) is 25.6. The van der Waals surface area contributed by atoms with E-state index in [2.05, 4.69) is 5.32 Å². The quantitative estimate of drug-likeness (QED) is 0.164. The van der Waals surface area contributed by atoms with Crippen LogP contribution in [0.5, 0.6) is 11.5 Å². The van der Waals surface area contributed by atoms with Gasteiger partial charge in [-0.25, -0.2) is 4.79 Å². The molecule has 188 valence electrons. The van der Waals surface area contributed by atoms with Crippen LogP contribution in [0.4, 0.5) is 0 Å². The Bertz CT molecular complexity index is 938. The number of hydrogen-bond acceptors (Lipinski definition) is 11. The van der Waals surface area contributed by atoms with Crippen molar-refractivity contribution in [1.29, 1.82) is 0 Å². The van der Waals surface area contributed by atoms with E-state index in [0.29, 0.717) is 6.20 Å². The number of methoxy groups -OCH3 is 1. The van der Waals surface area contributed by atoms with Gasteiger partial charge in [0.2, 0.25) is 12.1 Å². The second-order valence-electron chi connectivity index (χ2n) is 7.49. The number of nitrogens with one attached hydrogen (secondary N) is 1. The normalized spacial score (nSPS) is 26.5. The zero-order valence-corrected chi connectivity index (χ0v) is 18.2. The maximum atomic E-state index is 12.2. The molecule has 1 aromatic rings. The molecule has 2 rings (SSSR count). The highest BCUT2D eigenvalue weighted by Gasteiger charge is 2.56. The van der Waals surface area contributed by atoms with Crippen molar-refractivity contribution in [1.82, 2.24) is 5.32 Å². The van der Waals surface area contributed by atoms with E-state index in [1.807, 2.05) is 0 Å². The van der Waals surface area contributed by atoms with Gasteiger partial charge in [-0.1, -0.05) is 0 Å². The van der Waals surface area contributed by atoms with Crippen molar-refractivity contribution < 1.29 is 54.3 Å². The molecule has 34 heavy (non-hydrogen) atoms. The zero-order valence-electron chi connectivity index (χ0n) is 18.2. The molecule has 1 saturated heterocycles. The number of carbonyl (C=O) groups is 2. The van der Waals surface area contributed by atoms with Crippen LogP contribution in [0.15, 0.2) is 24.4 Å². The lowest BCUT2D eigenvalue weighted by atomic mass is 9.88. The number of carbonyl (C=O) groups excluding carboxylic acids is 1. The molecule has 0 aliphatic carbocycles. The average Bonchev–Trinajstić information content (AvgIpc) is 2.78. The number of aliphatic carboxylic acids is 1. The lowest BCUT2D eigenvalue weighted by Crippen LogP contribution is -2.68. The van der Waals surface area contributed by atoms with Gasteiger partial charge in [-0.2, -0.15) is 0 Å². The van der Waals surface area contributed by atoms with Gasteiger partial charge in [0.05, 0.1) is 37.2 Å². The summed E-state index contributed by atoms with van der Waals surface area (Å²) >= 11 is 0. The molecule has 14 nitrogen and oxygen atoms in total. The van der Waals surface area contributed by atoms with Gasteiger partial charge in [0.25, 0.3) is 0 Å². The summed E-state index contributed by atoms with van der Waals surface area (Å²) < 4.78 is 16.2. The van der Waals surface area contributed by atoms with Crippen molar-refractivity contribution in [2.45, 2.75) is 49.6 Å². The lowest BCUT2D eigenvalue weighted by molar-refractivity contribution is -0.400. The van der Waals surface area contributed by atoms with E-state index in [1.165, 1.54) is 25.3 Å². The Morgan fingerprint density at radius 3 is 2.62 bits per heavy atom. The molecule has 0 radical (unpaired) electrons. The molecular formula is C20H26N2O12. The highest BCUT2D eigenvalue weighted by Crippen LogP contribution is 2.36. The lowest BCUT2D eigenvalue weighted by Gasteiger charge is -2.46. The second kappa shape index (κ2) is 11.2. The van der Waals surface area contributed by atoms with Gasteiger partial charge in [0.15, 0.2) is 0 Å². The first-order chi connectivity index (χ1) is 15.9. The summed E-state index contributed by atoms with van der Waals surface area (Å²) in [5.41, 5.74) is 0.283. The number of aliphatic hydroxyl groups excluding tert-OH is 4. The molecule has 1 aliphatic rings. The third kappa shape index (κ3) is 6.18. The monoisotopic (exact) mass is 486 g/mol. The number of carboxylic acids is 1. The fourth-order valence-electron chi connectivity index (χ4n) is 3.46. The van der Waals surface area contributed by atoms with Crippen molar-refractivity contribution in [3.05, 3.63) is 40.1 Å². The predicted octanol–water partition coefficient (Wildman–Crippen LogP) is -1.53. The number of hydrogen-bond donors (Lipinski definition) is 6. The van der Waals surface area contributed by atoms with Gasteiger partial charge in [0, 0.05) is 24.6 Å².